The topological polar surface area (TPSA) is 78.3 Å². The van der Waals surface area contributed by atoms with Gasteiger partial charge in [0.2, 0.25) is 0 Å². The van der Waals surface area contributed by atoms with Crippen molar-refractivity contribution < 1.29 is 13.9 Å². The van der Waals surface area contributed by atoms with Gasteiger partial charge in [0.15, 0.2) is 11.6 Å². The van der Waals surface area contributed by atoms with Gasteiger partial charge in [0.25, 0.3) is 5.91 Å². The molecule has 4 nitrogen and oxygen atoms in total. The van der Waals surface area contributed by atoms with E-state index in [1.807, 2.05) is 13.0 Å². The number of ether oxygens (including phenoxy) is 1. The highest BCUT2D eigenvalue weighted by Gasteiger charge is 2.14. The first-order valence-electron chi connectivity index (χ1n) is 5.71. The maximum absolute atomic E-state index is 13.8. The Kier molecular flexibility index (Phi) is 3.94. The number of nitrogen functional groups attached to an aromatic ring is 1. The van der Waals surface area contributed by atoms with E-state index >= 15 is 0 Å². The SMILES string of the molecule is Cc1cc(Br)ccc1Oc1cc(C(N)=O)c(N)cc1F. The highest BCUT2D eigenvalue weighted by Crippen LogP contribution is 2.31. The number of benzene rings is 2. The molecule has 6 heteroatoms. The number of rotatable bonds is 3. The van der Waals surface area contributed by atoms with Crippen molar-refractivity contribution in [2.45, 2.75) is 6.92 Å². The Balaban J connectivity index is 2.43. The molecule has 0 aliphatic heterocycles. The number of nitrogens with two attached hydrogens (primary N) is 2. The van der Waals surface area contributed by atoms with Crippen LogP contribution in [0, 0.1) is 12.7 Å². The molecule has 0 aliphatic rings. The van der Waals surface area contributed by atoms with Crippen molar-refractivity contribution in [3.63, 3.8) is 0 Å². The van der Waals surface area contributed by atoms with E-state index < -0.39 is 11.7 Å². The molecule has 1 amide bonds. The number of amides is 1. The molecule has 20 heavy (non-hydrogen) atoms. The standard InChI is InChI=1S/C14H12BrFN2O2/c1-7-4-8(15)2-3-12(7)20-13-5-9(14(18)19)11(17)6-10(13)16/h2-6H,17H2,1H3,(H2,18,19). The zero-order chi connectivity index (χ0) is 14.9. The molecule has 0 fully saturated rings. The molecule has 4 N–H and O–H groups in total. The molecular formula is C14H12BrFN2O2. The Morgan fingerprint density at radius 3 is 2.55 bits per heavy atom. The number of carbonyl (C=O) groups excluding carboxylic acids is 1. The van der Waals surface area contributed by atoms with E-state index in [0.717, 1.165) is 16.1 Å². The van der Waals surface area contributed by atoms with Crippen molar-refractivity contribution in [3.8, 4) is 11.5 Å². The van der Waals surface area contributed by atoms with E-state index in [-0.39, 0.29) is 17.0 Å². The van der Waals surface area contributed by atoms with Gasteiger partial charge in [-0.3, -0.25) is 4.79 Å². The van der Waals surface area contributed by atoms with Gasteiger partial charge < -0.3 is 16.2 Å². The van der Waals surface area contributed by atoms with Crippen molar-refractivity contribution in [1.82, 2.24) is 0 Å². The molecule has 2 rings (SSSR count). The molecule has 0 saturated heterocycles. The minimum atomic E-state index is -0.736. The average molecular weight is 339 g/mol. The van der Waals surface area contributed by atoms with E-state index in [4.69, 9.17) is 16.2 Å². The van der Waals surface area contributed by atoms with Crippen LogP contribution in [0.4, 0.5) is 10.1 Å². The second-order valence-electron chi connectivity index (χ2n) is 4.25. The average Bonchev–Trinajstić information content (AvgIpc) is 2.35. The van der Waals surface area contributed by atoms with Gasteiger partial charge in [-0.2, -0.15) is 0 Å². The van der Waals surface area contributed by atoms with Gasteiger partial charge in [-0.1, -0.05) is 15.9 Å². The third kappa shape index (κ3) is 2.91. The first-order chi connectivity index (χ1) is 9.38. The van der Waals surface area contributed by atoms with Crippen molar-refractivity contribution >= 4 is 27.5 Å². The largest absolute Gasteiger partial charge is 0.454 e. The fourth-order valence-corrected chi connectivity index (χ4v) is 2.18. The molecule has 0 saturated carbocycles. The summed E-state index contributed by atoms with van der Waals surface area (Å²) in [5.74, 6) is -1.01. The van der Waals surface area contributed by atoms with Gasteiger partial charge in [-0.25, -0.2) is 4.39 Å². The summed E-state index contributed by atoms with van der Waals surface area (Å²) in [5.41, 5.74) is 11.5. The normalized spacial score (nSPS) is 10.3. The predicted molar refractivity (Wildman–Crippen MR) is 78.3 cm³/mol. The van der Waals surface area contributed by atoms with Crippen LogP contribution in [0.2, 0.25) is 0 Å². The van der Waals surface area contributed by atoms with Crippen LogP contribution in [0.15, 0.2) is 34.8 Å². The Morgan fingerprint density at radius 2 is 1.95 bits per heavy atom. The van der Waals surface area contributed by atoms with Gasteiger partial charge in [0.05, 0.1) is 5.56 Å². The fraction of sp³-hybridized carbons (Fsp3) is 0.0714. The maximum Gasteiger partial charge on any atom is 0.250 e. The molecule has 0 unspecified atom stereocenters. The number of halogens is 2. The second kappa shape index (κ2) is 5.50. The number of carbonyl (C=O) groups is 1. The summed E-state index contributed by atoms with van der Waals surface area (Å²) in [5, 5.41) is 0. The minimum absolute atomic E-state index is 0.0186. The molecule has 0 radical (unpaired) electrons. The first-order valence-corrected chi connectivity index (χ1v) is 6.50. The van der Waals surface area contributed by atoms with Crippen molar-refractivity contribution in [2.24, 2.45) is 5.73 Å². The van der Waals surface area contributed by atoms with Gasteiger partial charge in [0.1, 0.15) is 5.75 Å². The quantitative estimate of drug-likeness (QED) is 0.842. The van der Waals surface area contributed by atoms with Crippen LogP contribution in [0.1, 0.15) is 15.9 Å². The number of primary amides is 1. The number of hydrogen-bond donors (Lipinski definition) is 2. The van der Waals surface area contributed by atoms with Crippen LogP contribution in [0.5, 0.6) is 11.5 Å². The van der Waals surface area contributed by atoms with Crippen LogP contribution in [-0.4, -0.2) is 5.91 Å². The Labute approximate surface area is 123 Å². The molecule has 2 aromatic carbocycles. The molecule has 0 aliphatic carbocycles. The fourth-order valence-electron chi connectivity index (χ4n) is 1.71. The smallest absolute Gasteiger partial charge is 0.250 e. The summed E-state index contributed by atoms with van der Waals surface area (Å²) >= 11 is 3.33. The molecular weight excluding hydrogens is 327 g/mol. The van der Waals surface area contributed by atoms with Crippen LogP contribution in [0.3, 0.4) is 0 Å². The molecule has 0 spiro atoms. The van der Waals surface area contributed by atoms with Gasteiger partial charge >= 0.3 is 0 Å². The maximum atomic E-state index is 13.8. The zero-order valence-electron chi connectivity index (χ0n) is 10.6. The van der Waals surface area contributed by atoms with Gasteiger partial charge in [-0.15, -0.1) is 0 Å². The Morgan fingerprint density at radius 1 is 1.25 bits per heavy atom. The van der Waals surface area contributed by atoms with Crippen LogP contribution < -0.4 is 16.2 Å². The number of hydrogen-bond acceptors (Lipinski definition) is 3. The number of aryl methyl sites for hydroxylation is 1. The summed E-state index contributed by atoms with van der Waals surface area (Å²) in [7, 11) is 0. The van der Waals surface area contributed by atoms with Crippen molar-refractivity contribution in [3.05, 3.63) is 51.7 Å². The zero-order valence-corrected chi connectivity index (χ0v) is 12.2. The summed E-state index contributed by atoms with van der Waals surface area (Å²) in [6, 6.07) is 7.52. The lowest BCUT2D eigenvalue weighted by Crippen LogP contribution is -2.14. The van der Waals surface area contributed by atoms with E-state index in [2.05, 4.69) is 15.9 Å². The third-order valence-electron chi connectivity index (χ3n) is 2.73. The molecule has 104 valence electrons. The molecule has 2 aromatic rings. The lowest BCUT2D eigenvalue weighted by Gasteiger charge is -2.11. The molecule has 0 aromatic heterocycles. The summed E-state index contributed by atoms with van der Waals surface area (Å²) in [6.45, 7) is 1.82. The van der Waals surface area contributed by atoms with E-state index in [0.29, 0.717) is 5.75 Å². The predicted octanol–water partition coefficient (Wildman–Crippen LogP) is 3.37. The van der Waals surface area contributed by atoms with Gasteiger partial charge in [0, 0.05) is 16.2 Å². The minimum Gasteiger partial charge on any atom is -0.454 e. The van der Waals surface area contributed by atoms with Crippen LogP contribution in [0.25, 0.3) is 0 Å². The lowest BCUT2D eigenvalue weighted by atomic mass is 10.1. The lowest BCUT2D eigenvalue weighted by molar-refractivity contribution is 0.100. The van der Waals surface area contributed by atoms with Crippen molar-refractivity contribution in [1.29, 1.82) is 0 Å². The Hall–Kier alpha value is -2.08. The summed E-state index contributed by atoms with van der Waals surface area (Å²) in [6.07, 6.45) is 0. The first kappa shape index (κ1) is 14.3. The highest BCUT2D eigenvalue weighted by molar-refractivity contribution is 9.10. The van der Waals surface area contributed by atoms with E-state index in [1.165, 1.54) is 6.07 Å². The summed E-state index contributed by atoms with van der Waals surface area (Å²) in [4.78, 5) is 11.2. The van der Waals surface area contributed by atoms with Crippen LogP contribution >= 0.6 is 15.9 Å². The van der Waals surface area contributed by atoms with Crippen LogP contribution in [-0.2, 0) is 0 Å². The number of anilines is 1. The van der Waals surface area contributed by atoms with Crippen molar-refractivity contribution in [2.75, 3.05) is 5.73 Å². The Bertz CT molecular complexity index is 689. The molecule has 0 atom stereocenters. The molecule has 0 bridgehead atoms. The van der Waals surface area contributed by atoms with E-state index in [9.17, 15) is 9.18 Å². The third-order valence-corrected chi connectivity index (χ3v) is 3.22. The summed E-state index contributed by atoms with van der Waals surface area (Å²) < 4.78 is 20.2. The monoisotopic (exact) mass is 338 g/mol. The molecule has 0 heterocycles. The highest BCUT2D eigenvalue weighted by atomic mass is 79.9. The van der Waals surface area contributed by atoms with Gasteiger partial charge in [-0.05, 0) is 36.8 Å². The van der Waals surface area contributed by atoms with E-state index in [1.54, 1.807) is 12.1 Å². The second-order valence-corrected chi connectivity index (χ2v) is 5.16.